The summed E-state index contributed by atoms with van der Waals surface area (Å²) in [5.41, 5.74) is 0. The molecule has 0 spiro atoms. The quantitative estimate of drug-likeness (QED) is 0.718. The highest BCUT2D eigenvalue weighted by molar-refractivity contribution is 7.99. The number of nitrogens with zero attached hydrogens (tertiary/aromatic N) is 1. The fraction of sp³-hybridized carbons (Fsp3) is 1.00. The van der Waals surface area contributed by atoms with Crippen LogP contribution in [0, 0.1) is 0 Å². The van der Waals surface area contributed by atoms with E-state index in [1.807, 2.05) is 0 Å². The van der Waals surface area contributed by atoms with Crippen LogP contribution in [-0.2, 0) is 0 Å². The summed E-state index contributed by atoms with van der Waals surface area (Å²) < 4.78 is 0. The summed E-state index contributed by atoms with van der Waals surface area (Å²) >= 11 is 2.12. The molecule has 0 saturated carbocycles. The van der Waals surface area contributed by atoms with Crippen molar-refractivity contribution in [1.29, 1.82) is 0 Å². The van der Waals surface area contributed by atoms with E-state index in [4.69, 9.17) is 0 Å². The molecule has 2 saturated heterocycles. The second-order valence-electron chi connectivity index (χ2n) is 3.81. The van der Waals surface area contributed by atoms with Crippen LogP contribution in [0.4, 0.5) is 0 Å². The molecule has 2 aliphatic heterocycles. The minimum atomic E-state index is 0. The maximum Gasteiger partial charge on any atom is 0.0198 e. The molecule has 0 aliphatic carbocycles. The van der Waals surface area contributed by atoms with Crippen molar-refractivity contribution in [3.8, 4) is 0 Å². The van der Waals surface area contributed by atoms with Crippen molar-refractivity contribution in [2.45, 2.75) is 25.4 Å². The Labute approximate surface area is 91.2 Å². The molecule has 1 unspecified atom stereocenters. The van der Waals surface area contributed by atoms with Gasteiger partial charge in [0.15, 0.2) is 0 Å². The zero-order chi connectivity index (χ0) is 8.39. The lowest BCUT2D eigenvalue weighted by molar-refractivity contribution is 0.129. The number of hydrogen-bond acceptors (Lipinski definition) is 3. The van der Waals surface area contributed by atoms with E-state index < -0.39 is 0 Å². The van der Waals surface area contributed by atoms with Gasteiger partial charge in [-0.25, -0.2) is 0 Å². The number of rotatable bonds is 1. The molecule has 2 nitrogen and oxygen atoms in total. The van der Waals surface area contributed by atoms with Gasteiger partial charge < -0.3 is 5.32 Å². The van der Waals surface area contributed by atoms with Gasteiger partial charge in [-0.1, -0.05) is 0 Å². The number of halogens is 1. The van der Waals surface area contributed by atoms with E-state index in [0.717, 1.165) is 12.1 Å². The lowest BCUT2D eigenvalue weighted by atomic mass is 10.1. The highest BCUT2D eigenvalue weighted by Gasteiger charge is 2.27. The van der Waals surface area contributed by atoms with E-state index in [1.54, 1.807) is 0 Å². The van der Waals surface area contributed by atoms with Gasteiger partial charge in [0.25, 0.3) is 0 Å². The van der Waals surface area contributed by atoms with Crippen molar-refractivity contribution in [2.75, 3.05) is 31.1 Å². The van der Waals surface area contributed by atoms with E-state index in [2.05, 4.69) is 28.9 Å². The summed E-state index contributed by atoms with van der Waals surface area (Å²) in [4.78, 5) is 2.69. The van der Waals surface area contributed by atoms with Gasteiger partial charge in [0.05, 0.1) is 0 Å². The van der Waals surface area contributed by atoms with Crippen LogP contribution in [0.2, 0.25) is 0 Å². The Kier molecular flexibility index (Phi) is 4.87. The molecule has 0 aromatic rings. The summed E-state index contributed by atoms with van der Waals surface area (Å²) in [7, 11) is 0. The first-order valence-corrected chi connectivity index (χ1v) is 6.07. The molecule has 0 radical (unpaired) electrons. The van der Waals surface area contributed by atoms with E-state index in [0.29, 0.717) is 0 Å². The average Bonchev–Trinajstić information content (AvgIpc) is 2.57. The van der Waals surface area contributed by atoms with E-state index in [1.165, 1.54) is 37.6 Å². The third-order valence-corrected chi connectivity index (χ3v) is 4.07. The van der Waals surface area contributed by atoms with Crippen LogP contribution in [0.1, 0.15) is 13.3 Å². The summed E-state index contributed by atoms with van der Waals surface area (Å²) in [5, 5.41) is 3.44. The Bertz CT molecular complexity index is 151. The molecule has 2 heterocycles. The minimum Gasteiger partial charge on any atom is -0.314 e. The molecule has 13 heavy (non-hydrogen) atoms. The van der Waals surface area contributed by atoms with Crippen LogP contribution in [0.3, 0.4) is 0 Å². The molecule has 2 fully saturated rings. The van der Waals surface area contributed by atoms with Crippen LogP contribution in [0.15, 0.2) is 0 Å². The Balaban J connectivity index is 0.000000845. The zero-order valence-electron chi connectivity index (χ0n) is 8.16. The van der Waals surface area contributed by atoms with Crippen molar-refractivity contribution in [3.05, 3.63) is 0 Å². The third kappa shape index (κ3) is 2.75. The monoisotopic (exact) mass is 222 g/mol. The molecular formula is C9H19ClN2S. The van der Waals surface area contributed by atoms with Gasteiger partial charge in [-0.15, -0.1) is 12.4 Å². The predicted molar refractivity (Wildman–Crippen MR) is 62.0 cm³/mol. The summed E-state index contributed by atoms with van der Waals surface area (Å²) in [5.74, 6) is 2.74. The zero-order valence-corrected chi connectivity index (χ0v) is 9.79. The van der Waals surface area contributed by atoms with E-state index in [-0.39, 0.29) is 12.4 Å². The Morgan fingerprint density at radius 3 is 2.92 bits per heavy atom. The van der Waals surface area contributed by atoms with Gasteiger partial charge in [-0.2, -0.15) is 11.8 Å². The maximum atomic E-state index is 3.44. The largest absolute Gasteiger partial charge is 0.314 e. The van der Waals surface area contributed by atoms with Crippen LogP contribution in [0.25, 0.3) is 0 Å². The minimum absolute atomic E-state index is 0. The van der Waals surface area contributed by atoms with E-state index in [9.17, 15) is 0 Å². The first-order chi connectivity index (χ1) is 5.88. The maximum absolute atomic E-state index is 3.44. The second-order valence-corrected chi connectivity index (χ2v) is 4.96. The molecular weight excluding hydrogens is 204 g/mol. The fourth-order valence-electron chi connectivity index (χ4n) is 2.18. The molecule has 0 aromatic heterocycles. The fourth-order valence-corrected chi connectivity index (χ4v) is 3.42. The van der Waals surface area contributed by atoms with Crippen molar-refractivity contribution < 1.29 is 0 Å². The van der Waals surface area contributed by atoms with Gasteiger partial charge >= 0.3 is 0 Å². The highest BCUT2D eigenvalue weighted by atomic mass is 35.5. The molecule has 0 bridgehead atoms. The first kappa shape index (κ1) is 11.6. The topological polar surface area (TPSA) is 15.3 Å². The van der Waals surface area contributed by atoms with Gasteiger partial charge in [0, 0.05) is 37.5 Å². The van der Waals surface area contributed by atoms with Gasteiger partial charge in [0.2, 0.25) is 0 Å². The average molecular weight is 223 g/mol. The summed E-state index contributed by atoms with van der Waals surface area (Å²) in [6.45, 7) is 5.97. The van der Waals surface area contributed by atoms with Crippen LogP contribution < -0.4 is 5.32 Å². The SMILES string of the molecule is C[C@H]1CNCCN1C1CCSC1.Cl. The molecule has 2 rings (SSSR count). The van der Waals surface area contributed by atoms with Crippen molar-refractivity contribution >= 4 is 24.2 Å². The molecule has 4 heteroatoms. The van der Waals surface area contributed by atoms with Gasteiger partial charge in [-0.3, -0.25) is 4.90 Å². The lowest BCUT2D eigenvalue weighted by Gasteiger charge is -2.38. The smallest absolute Gasteiger partial charge is 0.0198 e. The molecule has 0 aromatic carbocycles. The van der Waals surface area contributed by atoms with Crippen LogP contribution in [0.5, 0.6) is 0 Å². The number of hydrogen-bond donors (Lipinski definition) is 1. The van der Waals surface area contributed by atoms with Crippen molar-refractivity contribution in [3.63, 3.8) is 0 Å². The predicted octanol–water partition coefficient (Wildman–Crippen LogP) is 1.21. The summed E-state index contributed by atoms with van der Waals surface area (Å²) in [6.07, 6.45) is 1.41. The summed E-state index contributed by atoms with van der Waals surface area (Å²) in [6, 6.07) is 1.63. The number of piperazine rings is 1. The van der Waals surface area contributed by atoms with Crippen molar-refractivity contribution in [1.82, 2.24) is 10.2 Å². The van der Waals surface area contributed by atoms with Gasteiger partial charge in [0.1, 0.15) is 0 Å². The molecule has 78 valence electrons. The standard InChI is InChI=1S/C9H18N2S.ClH/c1-8-6-10-3-4-11(8)9-2-5-12-7-9;/h8-10H,2-7H2,1H3;1H/t8-,9?;/m0./s1. The highest BCUT2D eigenvalue weighted by Crippen LogP contribution is 2.24. The van der Waals surface area contributed by atoms with Crippen LogP contribution in [-0.4, -0.2) is 48.1 Å². The van der Waals surface area contributed by atoms with Gasteiger partial charge in [-0.05, 0) is 19.1 Å². The molecule has 2 atom stereocenters. The third-order valence-electron chi connectivity index (χ3n) is 2.93. The molecule has 0 amide bonds. The normalized spacial score (nSPS) is 35.8. The van der Waals surface area contributed by atoms with E-state index >= 15 is 0 Å². The lowest BCUT2D eigenvalue weighted by Crippen LogP contribution is -2.53. The van der Waals surface area contributed by atoms with Crippen molar-refractivity contribution in [2.24, 2.45) is 0 Å². The molecule has 1 N–H and O–H groups in total. The first-order valence-electron chi connectivity index (χ1n) is 4.92. The Hall–Kier alpha value is 0.560. The molecule has 2 aliphatic rings. The second kappa shape index (κ2) is 5.44. The number of thioether (sulfide) groups is 1. The Morgan fingerprint density at radius 1 is 1.46 bits per heavy atom. The van der Waals surface area contributed by atoms with Crippen LogP contribution >= 0.6 is 24.2 Å². The Morgan fingerprint density at radius 2 is 2.31 bits per heavy atom. The number of nitrogens with one attached hydrogen (secondary N) is 1.